The molecule has 0 aromatic heterocycles. The van der Waals surface area contributed by atoms with Gasteiger partial charge in [-0.3, -0.25) is 0 Å². The molecule has 0 radical (unpaired) electrons. The maximum atomic E-state index is 12.9. The minimum atomic E-state index is -0.148. The molecule has 0 heterocycles. The van der Waals surface area contributed by atoms with Crippen molar-refractivity contribution in [2.45, 2.75) is 37.9 Å². The summed E-state index contributed by atoms with van der Waals surface area (Å²) in [7, 11) is 0. The normalized spacial score (nSPS) is 15.2. The summed E-state index contributed by atoms with van der Waals surface area (Å²) in [6.07, 6.45) is 1.08. The topological polar surface area (TPSA) is 0 Å². The Morgan fingerprint density at radius 2 is 2.00 bits per heavy atom. The predicted molar refractivity (Wildman–Crippen MR) is 62.6 cm³/mol. The van der Waals surface area contributed by atoms with Crippen molar-refractivity contribution in [2.24, 2.45) is 0 Å². The van der Waals surface area contributed by atoms with Gasteiger partial charge in [0.05, 0.1) is 0 Å². The fourth-order valence-corrected chi connectivity index (χ4v) is 2.37. The Morgan fingerprint density at radius 3 is 2.50 bits per heavy atom. The molecule has 2 atom stereocenters. The number of hydrogen-bond donors (Lipinski definition) is 0. The van der Waals surface area contributed by atoms with Crippen LogP contribution in [-0.2, 0) is 0 Å². The summed E-state index contributed by atoms with van der Waals surface area (Å²) in [4.78, 5) is 0.502. The molecule has 1 rings (SSSR count). The Kier molecular flexibility index (Phi) is 4.11. The highest BCUT2D eigenvalue weighted by molar-refractivity contribution is 9.09. The fourth-order valence-electron chi connectivity index (χ4n) is 1.81. The zero-order chi connectivity index (χ0) is 10.7. The molecule has 1 aromatic rings. The summed E-state index contributed by atoms with van der Waals surface area (Å²) in [5, 5.41) is 0. The van der Waals surface area contributed by atoms with Gasteiger partial charge in [0.25, 0.3) is 0 Å². The number of hydrogen-bond acceptors (Lipinski definition) is 0. The van der Waals surface area contributed by atoms with E-state index < -0.39 is 0 Å². The monoisotopic (exact) mass is 258 g/mol. The Labute approximate surface area is 93.7 Å². The van der Waals surface area contributed by atoms with Crippen molar-refractivity contribution in [3.8, 4) is 0 Å². The van der Waals surface area contributed by atoms with Crippen LogP contribution in [0.25, 0.3) is 0 Å². The first-order valence-electron chi connectivity index (χ1n) is 4.91. The van der Waals surface area contributed by atoms with Crippen LogP contribution >= 0.6 is 15.9 Å². The first-order chi connectivity index (χ1) is 6.50. The molecule has 0 amide bonds. The molecule has 0 bridgehead atoms. The van der Waals surface area contributed by atoms with Crippen LogP contribution in [0.2, 0.25) is 0 Å². The third-order valence-corrected chi connectivity index (χ3v) is 2.81. The highest BCUT2D eigenvalue weighted by atomic mass is 79.9. The van der Waals surface area contributed by atoms with Gasteiger partial charge in [-0.2, -0.15) is 0 Å². The number of aryl methyl sites for hydroxylation is 1. The number of halogens is 2. The van der Waals surface area contributed by atoms with Crippen LogP contribution in [-0.4, -0.2) is 4.83 Å². The standard InChI is InChI=1S/C12H16BrF/c1-8(6-10(3)13)12-5-4-11(14)7-9(12)2/h4-5,7-8,10H,6H2,1-3H3. The van der Waals surface area contributed by atoms with Crippen molar-refractivity contribution in [3.05, 3.63) is 35.1 Å². The van der Waals surface area contributed by atoms with Crippen molar-refractivity contribution in [1.29, 1.82) is 0 Å². The van der Waals surface area contributed by atoms with E-state index in [4.69, 9.17) is 0 Å². The fraction of sp³-hybridized carbons (Fsp3) is 0.500. The maximum absolute atomic E-state index is 12.9. The van der Waals surface area contributed by atoms with E-state index in [2.05, 4.69) is 29.8 Å². The van der Waals surface area contributed by atoms with Crippen LogP contribution in [0.4, 0.5) is 4.39 Å². The highest BCUT2D eigenvalue weighted by Crippen LogP contribution is 2.26. The molecule has 0 nitrogen and oxygen atoms in total. The molecule has 0 spiro atoms. The average Bonchev–Trinajstić information content (AvgIpc) is 2.01. The molecular weight excluding hydrogens is 243 g/mol. The lowest BCUT2D eigenvalue weighted by molar-refractivity contribution is 0.620. The van der Waals surface area contributed by atoms with Crippen LogP contribution in [0.15, 0.2) is 18.2 Å². The van der Waals surface area contributed by atoms with Crippen molar-refractivity contribution >= 4 is 15.9 Å². The van der Waals surface area contributed by atoms with Gasteiger partial charge in [0.2, 0.25) is 0 Å². The zero-order valence-corrected chi connectivity index (χ0v) is 10.4. The highest BCUT2D eigenvalue weighted by Gasteiger charge is 2.11. The molecule has 2 unspecified atom stereocenters. The Bertz CT molecular complexity index is 307. The van der Waals surface area contributed by atoms with Gasteiger partial charge in [0.15, 0.2) is 0 Å². The molecular formula is C12H16BrF. The van der Waals surface area contributed by atoms with E-state index >= 15 is 0 Å². The van der Waals surface area contributed by atoms with E-state index in [0.29, 0.717) is 10.7 Å². The molecule has 0 N–H and O–H groups in total. The molecule has 0 saturated heterocycles. The summed E-state index contributed by atoms with van der Waals surface area (Å²) in [6, 6.07) is 5.03. The van der Waals surface area contributed by atoms with E-state index in [1.54, 1.807) is 6.07 Å². The molecule has 2 heteroatoms. The first-order valence-corrected chi connectivity index (χ1v) is 5.82. The van der Waals surface area contributed by atoms with Gasteiger partial charge in [-0.15, -0.1) is 0 Å². The lowest BCUT2D eigenvalue weighted by atomic mass is 9.93. The van der Waals surface area contributed by atoms with Gasteiger partial charge in [-0.05, 0) is 42.5 Å². The molecule has 0 aliphatic carbocycles. The molecule has 0 saturated carbocycles. The summed E-state index contributed by atoms with van der Waals surface area (Å²) < 4.78 is 12.9. The van der Waals surface area contributed by atoms with Crippen LogP contribution in [0, 0.1) is 12.7 Å². The Morgan fingerprint density at radius 1 is 1.36 bits per heavy atom. The first kappa shape index (κ1) is 11.7. The molecule has 1 aromatic carbocycles. The smallest absolute Gasteiger partial charge is 0.123 e. The Hall–Kier alpha value is -0.370. The van der Waals surface area contributed by atoms with Gasteiger partial charge >= 0.3 is 0 Å². The molecule has 0 aliphatic rings. The molecule has 0 fully saturated rings. The Balaban J connectivity index is 2.84. The van der Waals surface area contributed by atoms with E-state index in [1.807, 2.05) is 13.0 Å². The number of rotatable bonds is 3. The van der Waals surface area contributed by atoms with E-state index in [9.17, 15) is 4.39 Å². The largest absolute Gasteiger partial charge is 0.207 e. The van der Waals surface area contributed by atoms with Crippen molar-refractivity contribution in [1.82, 2.24) is 0 Å². The van der Waals surface area contributed by atoms with Crippen molar-refractivity contribution < 1.29 is 4.39 Å². The quantitative estimate of drug-likeness (QED) is 0.705. The summed E-state index contributed by atoms with van der Waals surface area (Å²) >= 11 is 3.54. The van der Waals surface area contributed by atoms with Gasteiger partial charge < -0.3 is 0 Å². The molecule has 14 heavy (non-hydrogen) atoms. The lowest BCUT2D eigenvalue weighted by Crippen LogP contribution is -2.02. The third kappa shape index (κ3) is 3.09. The maximum Gasteiger partial charge on any atom is 0.123 e. The number of benzene rings is 1. The van der Waals surface area contributed by atoms with Gasteiger partial charge in [0, 0.05) is 4.83 Å². The lowest BCUT2D eigenvalue weighted by Gasteiger charge is -2.15. The number of alkyl halides is 1. The van der Waals surface area contributed by atoms with Crippen molar-refractivity contribution in [3.63, 3.8) is 0 Å². The van der Waals surface area contributed by atoms with E-state index in [1.165, 1.54) is 11.6 Å². The third-order valence-electron chi connectivity index (χ3n) is 2.44. The van der Waals surface area contributed by atoms with Crippen LogP contribution in [0.1, 0.15) is 37.3 Å². The molecule has 0 aliphatic heterocycles. The minimum absolute atomic E-state index is 0.148. The van der Waals surface area contributed by atoms with Gasteiger partial charge in [-0.25, -0.2) is 4.39 Å². The van der Waals surface area contributed by atoms with Crippen molar-refractivity contribution in [2.75, 3.05) is 0 Å². The second-order valence-corrected chi connectivity index (χ2v) is 5.48. The van der Waals surface area contributed by atoms with Gasteiger partial charge in [0.1, 0.15) is 5.82 Å². The predicted octanol–water partition coefficient (Wildman–Crippen LogP) is 4.41. The van der Waals surface area contributed by atoms with Gasteiger partial charge in [-0.1, -0.05) is 35.8 Å². The second-order valence-electron chi connectivity index (χ2n) is 3.92. The SMILES string of the molecule is Cc1cc(F)ccc1C(C)CC(C)Br. The van der Waals surface area contributed by atoms with E-state index in [-0.39, 0.29) is 5.82 Å². The molecule has 78 valence electrons. The summed E-state index contributed by atoms with van der Waals surface area (Å²) in [5.74, 6) is 0.329. The second kappa shape index (κ2) is 4.92. The minimum Gasteiger partial charge on any atom is -0.207 e. The average molecular weight is 259 g/mol. The summed E-state index contributed by atoms with van der Waals surface area (Å²) in [5.41, 5.74) is 2.29. The zero-order valence-electron chi connectivity index (χ0n) is 8.85. The van der Waals surface area contributed by atoms with Crippen LogP contribution in [0.3, 0.4) is 0 Å². The van der Waals surface area contributed by atoms with E-state index in [0.717, 1.165) is 12.0 Å². The summed E-state index contributed by atoms with van der Waals surface area (Å²) in [6.45, 7) is 6.28. The van der Waals surface area contributed by atoms with Crippen LogP contribution in [0.5, 0.6) is 0 Å². The van der Waals surface area contributed by atoms with Crippen LogP contribution < -0.4 is 0 Å².